The maximum absolute atomic E-state index is 13.6. The quantitative estimate of drug-likeness (QED) is 0.630. The molecule has 0 amide bonds. The predicted molar refractivity (Wildman–Crippen MR) is 91.6 cm³/mol. The van der Waals surface area contributed by atoms with E-state index >= 15 is 0 Å². The van der Waals surface area contributed by atoms with Gasteiger partial charge in [-0.2, -0.15) is 18.4 Å². The van der Waals surface area contributed by atoms with Gasteiger partial charge in [-0.05, 0) is 42.9 Å². The molecule has 0 saturated heterocycles. The molecule has 0 aliphatic heterocycles. The largest absolute Gasteiger partial charge is 0.418 e. The van der Waals surface area contributed by atoms with E-state index in [0.717, 1.165) is 23.7 Å². The summed E-state index contributed by atoms with van der Waals surface area (Å²) in [5, 5.41) is 10.1. The minimum absolute atomic E-state index is 0.135. The maximum atomic E-state index is 13.6. The zero-order chi connectivity index (χ0) is 18.0. The van der Waals surface area contributed by atoms with Crippen molar-refractivity contribution in [2.24, 2.45) is 0 Å². The number of rotatable bonds is 3. The lowest BCUT2D eigenvalue weighted by Crippen LogP contribution is -2.19. The number of nitriles is 1. The molecule has 0 unspecified atom stereocenters. The van der Waals surface area contributed by atoms with Gasteiger partial charge in [-0.1, -0.05) is 29.8 Å². The molecule has 2 nitrogen and oxygen atoms in total. The van der Waals surface area contributed by atoms with Crippen LogP contribution < -0.4 is 0 Å². The minimum Gasteiger partial charge on any atom is -0.245 e. The third kappa shape index (κ3) is 3.78. The second kappa shape index (κ2) is 7.27. The Hall–Kier alpha value is -1.71. The van der Waals surface area contributed by atoms with Crippen molar-refractivity contribution in [2.45, 2.75) is 42.6 Å². The zero-order valence-electron chi connectivity index (χ0n) is 13.2. The Morgan fingerprint density at radius 3 is 2.60 bits per heavy atom. The molecule has 0 atom stereocenters. The molecule has 2 aromatic rings. The molecule has 0 radical (unpaired) electrons. The highest BCUT2D eigenvalue weighted by molar-refractivity contribution is 7.98. The van der Waals surface area contributed by atoms with E-state index in [1.54, 1.807) is 18.2 Å². The Kier molecular flexibility index (Phi) is 5.26. The van der Waals surface area contributed by atoms with Gasteiger partial charge in [0.15, 0.2) is 0 Å². The van der Waals surface area contributed by atoms with Crippen molar-refractivity contribution in [3.05, 3.63) is 57.2 Å². The van der Waals surface area contributed by atoms with Crippen LogP contribution in [0, 0.1) is 11.3 Å². The fourth-order valence-corrected chi connectivity index (χ4v) is 4.29. The molecule has 0 saturated carbocycles. The van der Waals surface area contributed by atoms with Crippen molar-refractivity contribution in [3.8, 4) is 6.07 Å². The van der Waals surface area contributed by atoms with E-state index in [4.69, 9.17) is 11.6 Å². The molecule has 0 fully saturated rings. The lowest BCUT2D eigenvalue weighted by Gasteiger charge is -2.23. The maximum Gasteiger partial charge on any atom is 0.418 e. The van der Waals surface area contributed by atoms with E-state index in [-0.39, 0.29) is 16.2 Å². The van der Waals surface area contributed by atoms with E-state index in [1.165, 1.54) is 0 Å². The number of halogens is 4. The SMILES string of the molecule is N#Cc1c(SCc2ccccc2Cl)nc2c(c1C(F)(F)F)CCCC2. The van der Waals surface area contributed by atoms with E-state index in [2.05, 4.69) is 4.98 Å². The minimum atomic E-state index is -4.56. The van der Waals surface area contributed by atoms with Crippen LogP contribution in [0.25, 0.3) is 0 Å². The molecule has 25 heavy (non-hydrogen) atoms. The van der Waals surface area contributed by atoms with Gasteiger partial charge in [-0.15, -0.1) is 11.8 Å². The summed E-state index contributed by atoms with van der Waals surface area (Å²) in [6.07, 6.45) is -2.22. The zero-order valence-corrected chi connectivity index (χ0v) is 14.7. The van der Waals surface area contributed by atoms with Crippen LogP contribution in [0.1, 0.15) is 40.8 Å². The first-order valence-electron chi connectivity index (χ1n) is 7.81. The number of hydrogen-bond acceptors (Lipinski definition) is 3. The fraction of sp³-hybridized carbons (Fsp3) is 0.333. The Bertz CT molecular complexity index is 843. The number of alkyl halides is 3. The van der Waals surface area contributed by atoms with Gasteiger partial charge in [0.05, 0.1) is 11.1 Å². The van der Waals surface area contributed by atoms with Crippen LogP contribution >= 0.6 is 23.4 Å². The summed E-state index contributed by atoms with van der Waals surface area (Å²) in [5.74, 6) is 0.359. The van der Waals surface area contributed by atoms with Gasteiger partial charge in [0.1, 0.15) is 11.1 Å². The van der Waals surface area contributed by atoms with Crippen LogP contribution in [-0.4, -0.2) is 4.98 Å². The Morgan fingerprint density at radius 1 is 1.20 bits per heavy atom. The van der Waals surface area contributed by atoms with Gasteiger partial charge in [0.2, 0.25) is 0 Å². The monoisotopic (exact) mass is 382 g/mol. The number of hydrogen-bond donors (Lipinski definition) is 0. The number of aromatic nitrogens is 1. The Labute approximate surface area is 153 Å². The average molecular weight is 383 g/mol. The van der Waals surface area contributed by atoms with Crippen LogP contribution in [0.3, 0.4) is 0 Å². The molecule has 1 aromatic heterocycles. The second-order valence-electron chi connectivity index (χ2n) is 5.79. The van der Waals surface area contributed by atoms with Crippen LogP contribution in [0.4, 0.5) is 13.2 Å². The first-order chi connectivity index (χ1) is 11.9. The van der Waals surface area contributed by atoms with Crippen molar-refractivity contribution < 1.29 is 13.2 Å². The third-order valence-corrected chi connectivity index (χ3v) is 5.55. The molecule has 7 heteroatoms. The summed E-state index contributed by atoms with van der Waals surface area (Å²) in [4.78, 5) is 4.40. The summed E-state index contributed by atoms with van der Waals surface area (Å²) in [5.41, 5.74) is 0.286. The summed E-state index contributed by atoms with van der Waals surface area (Å²) in [6, 6.07) is 8.87. The third-order valence-electron chi connectivity index (χ3n) is 4.16. The van der Waals surface area contributed by atoms with Crippen LogP contribution in [-0.2, 0) is 24.8 Å². The van der Waals surface area contributed by atoms with Gasteiger partial charge in [0, 0.05) is 16.5 Å². The number of fused-ring (bicyclic) bond motifs is 1. The van der Waals surface area contributed by atoms with E-state index in [1.807, 2.05) is 12.1 Å². The van der Waals surface area contributed by atoms with Gasteiger partial charge >= 0.3 is 6.18 Å². The lowest BCUT2D eigenvalue weighted by molar-refractivity contribution is -0.138. The molecule has 1 aliphatic rings. The molecular weight excluding hydrogens is 369 g/mol. The molecule has 130 valence electrons. The summed E-state index contributed by atoms with van der Waals surface area (Å²) in [6.45, 7) is 0. The van der Waals surface area contributed by atoms with E-state index in [0.29, 0.717) is 35.7 Å². The fourth-order valence-electron chi connectivity index (χ4n) is 3.00. The van der Waals surface area contributed by atoms with Crippen molar-refractivity contribution in [1.29, 1.82) is 5.26 Å². The van der Waals surface area contributed by atoms with Crippen LogP contribution in [0.5, 0.6) is 0 Å². The van der Waals surface area contributed by atoms with Gasteiger partial charge in [-0.25, -0.2) is 4.98 Å². The second-order valence-corrected chi connectivity index (χ2v) is 7.16. The lowest BCUT2D eigenvalue weighted by atomic mass is 9.90. The molecule has 0 bridgehead atoms. The van der Waals surface area contributed by atoms with E-state index < -0.39 is 11.7 Å². The van der Waals surface area contributed by atoms with E-state index in [9.17, 15) is 18.4 Å². The van der Waals surface area contributed by atoms with Crippen molar-refractivity contribution in [2.75, 3.05) is 0 Å². The number of nitrogens with zero attached hydrogens (tertiary/aromatic N) is 2. The standard InChI is InChI=1S/C18H14ClF3N2S/c19-14-7-3-1-5-11(14)10-25-17-13(9-23)16(18(20,21)22)12-6-2-4-8-15(12)24-17/h1,3,5,7H,2,4,6,8,10H2. The Morgan fingerprint density at radius 2 is 1.92 bits per heavy atom. The average Bonchev–Trinajstić information content (AvgIpc) is 2.58. The smallest absolute Gasteiger partial charge is 0.245 e. The molecular formula is C18H14ClF3N2S. The highest BCUT2D eigenvalue weighted by atomic mass is 35.5. The molecule has 3 rings (SSSR count). The molecule has 1 aromatic carbocycles. The van der Waals surface area contributed by atoms with Gasteiger partial charge in [-0.3, -0.25) is 0 Å². The van der Waals surface area contributed by atoms with Gasteiger partial charge in [0.25, 0.3) is 0 Å². The van der Waals surface area contributed by atoms with Gasteiger partial charge < -0.3 is 0 Å². The predicted octanol–water partition coefficient (Wildman–Crippen LogP) is 5.80. The van der Waals surface area contributed by atoms with Crippen LogP contribution in [0.15, 0.2) is 29.3 Å². The highest BCUT2D eigenvalue weighted by Crippen LogP contribution is 2.41. The molecule has 1 aliphatic carbocycles. The summed E-state index contributed by atoms with van der Waals surface area (Å²) in [7, 11) is 0. The number of aryl methyl sites for hydroxylation is 1. The summed E-state index contributed by atoms with van der Waals surface area (Å²) >= 11 is 7.23. The highest BCUT2D eigenvalue weighted by Gasteiger charge is 2.39. The number of thioether (sulfide) groups is 1. The summed E-state index contributed by atoms with van der Waals surface area (Å²) < 4.78 is 40.9. The number of benzene rings is 1. The van der Waals surface area contributed by atoms with Crippen molar-refractivity contribution >= 4 is 23.4 Å². The van der Waals surface area contributed by atoms with Crippen molar-refractivity contribution in [1.82, 2.24) is 4.98 Å². The molecule has 0 spiro atoms. The molecule has 0 N–H and O–H groups in total. The van der Waals surface area contributed by atoms with Crippen LogP contribution in [0.2, 0.25) is 5.02 Å². The van der Waals surface area contributed by atoms with Crippen molar-refractivity contribution in [3.63, 3.8) is 0 Å². The number of pyridine rings is 1. The first kappa shape index (κ1) is 18.1. The topological polar surface area (TPSA) is 36.7 Å². The first-order valence-corrected chi connectivity index (χ1v) is 9.17. The Balaban J connectivity index is 2.04. The molecule has 1 heterocycles. The normalized spacial score (nSPS) is 14.0.